The summed E-state index contributed by atoms with van der Waals surface area (Å²) in [4.78, 5) is 122. The second-order valence-corrected chi connectivity index (χ2v) is 19.7. The Balaban J connectivity index is 0.000000409. The number of thioether (sulfide) groups is 1. The van der Waals surface area contributed by atoms with Crippen LogP contribution in [0.1, 0.15) is 139 Å². The summed E-state index contributed by atoms with van der Waals surface area (Å²) < 4.78 is 39.9. The summed E-state index contributed by atoms with van der Waals surface area (Å²) in [5.74, 6) is -7.26. The predicted molar refractivity (Wildman–Crippen MR) is 285 cm³/mol. The molecule has 2 aliphatic rings. The minimum Gasteiger partial charge on any atom is -0.456 e. The summed E-state index contributed by atoms with van der Waals surface area (Å²) in [6.45, 7) is 11.8. The molecule has 0 fully saturated rings. The predicted octanol–water partition coefficient (Wildman–Crippen LogP) is 5.91. The number of rotatable bonds is 14. The number of nitrogens with one attached hydrogen (secondary N) is 6. The number of nitrogens with zero attached hydrogens (tertiary/aromatic N) is 2. The van der Waals surface area contributed by atoms with Gasteiger partial charge in [0, 0.05) is 12.2 Å². The molecule has 2 aromatic heterocycles. The van der Waals surface area contributed by atoms with Crippen LogP contribution < -0.4 is 31.9 Å². The molecule has 0 aliphatic carbocycles. The number of amides is 6. The van der Waals surface area contributed by atoms with Crippen LogP contribution in [0.15, 0.2) is 72.1 Å². The van der Waals surface area contributed by atoms with Gasteiger partial charge in [-0.15, -0.1) is 0 Å². The first kappa shape index (κ1) is 63.5. The van der Waals surface area contributed by atoms with Crippen molar-refractivity contribution in [3.05, 3.63) is 107 Å². The summed E-state index contributed by atoms with van der Waals surface area (Å²) in [5.41, 5.74) is -0.997. The third kappa shape index (κ3) is 21.8. The normalized spacial score (nSPS) is 20.8. The highest BCUT2D eigenvalue weighted by molar-refractivity contribution is 8.13. The van der Waals surface area contributed by atoms with Crippen LogP contribution in [0.3, 0.4) is 0 Å². The first-order valence-electron chi connectivity index (χ1n) is 25.1. The first-order chi connectivity index (χ1) is 36.2. The molecule has 4 heterocycles. The third-order valence-corrected chi connectivity index (χ3v) is 12.5. The van der Waals surface area contributed by atoms with E-state index < -0.39 is 101 Å². The molecule has 76 heavy (non-hydrogen) atoms. The molecule has 4 bridgehead atoms. The number of carbonyl (C=O) groups is 9. The Morgan fingerprint density at radius 2 is 1.13 bits per heavy atom. The van der Waals surface area contributed by atoms with E-state index in [1.54, 1.807) is 52.0 Å². The van der Waals surface area contributed by atoms with Crippen molar-refractivity contribution in [2.45, 2.75) is 144 Å². The standard InChI is InChI=1S/C30H41FN4O6S.C23H29FN4O5S/c1-5-7-8-9-13-25(37)42-16-11-10-12-21-17-24(36)32-18-20-14-15-22(31)27(33-20)29(39)34-23(6-2)28(38)35-26(19(3)4)30(40)41-21;1-4-17-21(30)28-19(13(2)3)23(32)33-15(7-5-6-10-34)11-18(29)25-12-14-8-9-16(24)20(26-14)22(31)27-17/h6,10,12,14-15,19,21,26H,5,7-9,11,13,16-18H2,1-4H3,(H,32,36)(H,34,39)(H,35,38);4-5,7-9,13,15,19,34H,6,10-12H2,1-3H3,(H,25,29)(H,27,31)(H,28,30)/b12-10+,23-6-;7-5+,17-4-/t21-,26+;15-,19+/m11/s1. The molecule has 0 saturated carbocycles. The zero-order valence-electron chi connectivity index (χ0n) is 43.9. The fourth-order valence-electron chi connectivity index (χ4n) is 7.01. The molecule has 0 radical (unpaired) electrons. The van der Waals surface area contributed by atoms with Gasteiger partial charge in [0.1, 0.15) is 35.7 Å². The monoisotopic (exact) mass is 1100 g/mol. The van der Waals surface area contributed by atoms with Gasteiger partial charge < -0.3 is 41.4 Å². The Bertz CT molecular complexity index is 2520. The molecular formula is C53H70F2N8O11S2. The number of unbranched alkanes of at least 4 members (excludes halogenated alkanes) is 3. The number of hydrogen-bond acceptors (Lipinski definition) is 15. The average molecular weight is 1100 g/mol. The fraction of sp³-hybridized carbons (Fsp3) is 0.491. The van der Waals surface area contributed by atoms with Crippen molar-refractivity contribution in [2.75, 3.05) is 11.5 Å². The third-order valence-electron chi connectivity index (χ3n) is 11.2. The van der Waals surface area contributed by atoms with E-state index in [1.807, 2.05) is 0 Å². The molecule has 23 heteroatoms. The van der Waals surface area contributed by atoms with E-state index in [2.05, 4.69) is 61.4 Å². The maximum Gasteiger partial charge on any atom is 0.329 e. The van der Waals surface area contributed by atoms with E-state index in [1.165, 1.54) is 49.9 Å². The van der Waals surface area contributed by atoms with Crippen LogP contribution in [0.5, 0.6) is 0 Å². The van der Waals surface area contributed by atoms with Crippen LogP contribution in [0, 0.1) is 23.5 Å². The van der Waals surface area contributed by atoms with Gasteiger partial charge in [0.15, 0.2) is 28.1 Å². The number of ether oxygens (including phenoxy) is 2. The quantitative estimate of drug-likeness (QED) is 0.0382. The zero-order chi connectivity index (χ0) is 56.3. The minimum atomic E-state index is -1.10. The van der Waals surface area contributed by atoms with E-state index in [-0.39, 0.29) is 59.7 Å². The van der Waals surface area contributed by atoms with Crippen molar-refractivity contribution in [2.24, 2.45) is 11.8 Å². The first-order valence-corrected chi connectivity index (χ1v) is 26.7. The van der Waals surface area contributed by atoms with E-state index in [0.717, 1.165) is 37.8 Å². The molecule has 19 nitrogen and oxygen atoms in total. The number of allylic oxidation sites excluding steroid dienone is 4. The minimum absolute atomic E-state index is 0.0774. The molecule has 4 rings (SSSR count). The van der Waals surface area contributed by atoms with Gasteiger partial charge in [-0.05, 0) is 87.1 Å². The van der Waals surface area contributed by atoms with Gasteiger partial charge >= 0.3 is 11.9 Å². The number of carbonyl (C=O) groups excluding carboxylic acids is 9. The van der Waals surface area contributed by atoms with E-state index in [4.69, 9.17) is 9.47 Å². The number of thiol groups is 1. The van der Waals surface area contributed by atoms with Crippen LogP contribution in [-0.2, 0) is 56.1 Å². The number of cyclic esters (lactones) is 2. The largest absolute Gasteiger partial charge is 0.456 e. The fourth-order valence-corrected chi connectivity index (χ4v) is 7.93. The zero-order valence-corrected chi connectivity index (χ0v) is 45.6. The van der Waals surface area contributed by atoms with Gasteiger partial charge in [-0.3, -0.25) is 33.6 Å². The Labute approximate surface area is 451 Å². The molecule has 4 atom stereocenters. The van der Waals surface area contributed by atoms with E-state index in [9.17, 15) is 51.9 Å². The highest BCUT2D eigenvalue weighted by Crippen LogP contribution is 2.17. The Morgan fingerprint density at radius 1 is 0.684 bits per heavy atom. The number of aromatic nitrogens is 2. The summed E-state index contributed by atoms with van der Waals surface area (Å²) in [6.07, 6.45) is 12.9. The molecule has 6 amide bonds. The molecule has 6 N–H and O–H groups in total. The lowest BCUT2D eigenvalue weighted by Gasteiger charge is -2.24. The van der Waals surface area contributed by atoms with Crippen molar-refractivity contribution >= 4 is 76.9 Å². The van der Waals surface area contributed by atoms with Gasteiger partial charge in [-0.1, -0.05) is 89.9 Å². The van der Waals surface area contributed by atoms with Gasteiger partial charge in [0.2, 0.25) is 11.8 Å². The van der Waals surface area contributed by atoms with Crippen LogP contribution >= 0.6 is 24.4 Å². The van der Waals surface area contributed by atoms with Gasteiger partial charge in [0.05, 0.1) is 37.3 Å². The van der Waals surface area contributed by atoms with E-state index in [0.29, 0.717) is 30.8 Å². The summed E-state index contributed by atoms with van der Waals surface area (Å²) >= 11 is 5.39. The number of fused-ring (bicyclic) bond motifs is 4. The maximum atomic E-state index is 14.4. The van der Waals surface area contributed by atoms with Crippen LogP contribution in [0.4, 0.5) is 8.78 Å². The average Bonchev–Trinajstić information content (AvgIpc) is 3.37. The maximum absolute atomic E-state index is 14.4. The Morgan fingerprint density at radius 3 is 1.54 bits per heavy atom. The van der Waals surface area contributed by atoms with Crippen molar-refractivity contribution in [3.8, 4) is 0 Å². The summed E-state index contributed by atoms with van der Waals surface area (Å²) in [5, 5.41) is 15.2. The Hall–Kier alpha value is -6.75. The molecule has 414 valence electrons. The lowest BCUT2D eigenvalue weighted by Crippen LogP contribution is -2.48. The number of hydrogen-bond donors (Lipinski definition) is 7. The highest BCUT2D eigenvalue weighted by atomic mass is 32.2. The number of esters is 2. The van der Waals surface area contributed by atoms with Crippen molar-refractivity contribution in [1.82, 2.24) is 41.9 Å². The van der Waals surface area contributed by atoms with E-state index >= 15 is 0 Å². The number of halogens is 2. The number of pyridine rings is 2. The molecule has 0 unspecified atom stereocenters. The summed E-state index contributed by atoms with van der Waals surface area (Å²) in [6, 6.07) is 2.60. The molecule has 0 aromatic carbocycles. The SMILES string of the molecule is C/C=C1\NC(=O)c2nc(ccc2F)CNC(=O)C[C@@H](/C=C/CCS)OC(=O)[C@H](C(C)C)NC1=O.C/C=C1\NC(=O)c2nc(ccc2F)CNC(=O)C[C@@H](/C=C/CCSC(=O)CCCCCC)OC(=O)[C@H](C(C)C)NC1=O. The van der Waals surface area contributed by atoms with Crippen LogP contribution in [0.2, 0.25) is 0 Å². The summed E-state index contributed by atoms with van der Waals surface area (Å²) in [7, 11) is 0. The molecule has 0 spiro atoms. The topological polar surface area (TPSA) is 270 Å². The van der Waals surface area contributed by atoms with Gasteiger partial charge in [-0.25, -0.2) is 28.3 Å². The lowest BCUT2D eigenvalue weighted by molar-refractivity contribution is -0.153. The van der Waals surface area contributed by atoms with Crippen LogP contribution in [-0.4, -0.2) is 98.3 Å². The second-order valence-electron chi connectivity index (χ2n) is 18.1. The van der Waals surface area contributed by atoms with Crippen molar-refractivity contribution in [1.29, 1.82) is 0 Å². The Kier molecular flexibility index (Phi) is 27.9. The van der Waals surface area contributed by atoms with Crippen molar-refractivity contribution < 1.29 is 61.4 Å². The molecule has 2 aromatic rings. The molecule has 0 saturated heterocycles. The van der Waals surface area contributed by atoms with Crippen LogP contribution in [0.25, 0.3) is 0 Å². The van der Waals surface area contributed by atoms with Gasteiger partial charge in [-0.2, -0.15) is 12.6 Å². The van der Waals surface area contributed by atoms with Crippen molar-refractivity contribution in [3.63, 3.8) is 0 Å². The molecule has 2 aliphatic heterocycles. The molecular weight excluding hydrogens is 1030 g/mol. The smallest absolute Gasteiger partial charge is 0.329 e. The highest BCUT2D eigenvalue weighted by Gasteiger charge is 2.32. The lowest BCUT2D eigenvalue weighted by atomic mass is 10.0. The van der Waals surface area contributed by atoms with Gasteiger partial charge in [0.25, 0.3) is 23.6 Å². The second kappa shape index (κ2) is 33.3.